The molecule has 100 valence electrons. The van der Waals surface area contributed by atoms with Crippen LogP contribution < -0.4 is 5.32 Å². The molecule has 1 aromatic rings. The van der Waals surface area contributed by atoms with Crippen molar-refractivity contribution in [1.82, 2.24) is 5.32 Å². The van der Waals surface area contributed by atoms with E-state index < -0.39 is 0 Å². The Hall–Kier alpha value is 0.01000. The molecule has 0 radical (unpaired) electrons. The molecule has 0 spiro atoms. The summed E-state index contributed by atoms with van der Waals surface area (Å²) in [6.45, 7) is 3.37. The van der Waals surface area contributed by atoms with Crippen molar-refractivity contribution in [2.45, 2.75) is 43.4 Å². The van der Waals surface area contributed by atoms with Gasteiger partial charge in [-0.15, -0.1) is 0 Å². The summed E-state index contributed by atoms with van der Waals surface area (Å²) in [4.78, 5) is 0. The maximum Gasteiger partial charge on any atom is 0.0303 e. The fourth-order valence-corrected chi connectivity index (χ4v) is 4.30. The van der Waals surface area contributed by atoms with Crippen molar-refractivity contribution in [2.24, 2.45) is 0 Å². The first kappa shape index (κ1) is 14.4. The second kappa shape index (κ2) is 6.44. The maximum absolute atomic E-state index is 3.72. The smallest absolute Gasteiger partial charge is 0.0303 e. The Bertz CT molecular complexity index is 388. The highest BCUT2D eigenvalue weighted by Gasteiger charge is 2.32. The van der Waals surface area contributed by atoms with E-state index >= 15 is 0 Å². The molecule has 3 heteroatoms. The van der Waals surface area contributed by atoms with Gasteiger partial charge in [0.25, 0.3) is 0 Å². The third-order valence-electron chi connectivity index (χ3n) is 4.05. The molecule has 0 aliphatic heterocycles. The summed E-state index contributed by atoms with van der Waals surface area (Å²) < 4.78 is 1.69. The Balaban J connectivity index is 1.96. The Labute approximate surface area is 123 Å². The van der Waals surface area contributed by atoms with Crippen LogP contribution in [0, 0.1) is 0 Å². The first-order valence-corrected chi connectivity index (χ1v) is 8.72. The molecule has 0 amide bonds. The Morgan fingerprint density at radius 3 is 2.61 bits per heavy atom. The SMILES string of the molecule is CSC1(CNC(C)c2ccccc2Br)CCCC1. The van der Waals surface area contributed by atoms with Gasteiger partial charge < -0.3 is 5.32 Å². The number of halogens is 1. The van der Waals surface area contributed by atoms with Gasteiger partial charge in [0.2, 0.25) is 0 Å². The molecule has 1 fully saturated rings. The number of benzene rings is 1. The lowest BCUT2D eigenvalue weighted by Crippen LogP contribution is -2.36. The number of hydrogen-bond donors (Lipinski definition) is 1. The molecule has 0 heterocycles. The number of thioether (sulfide) groups is 1. The van der Waals surface area contributed by atoms with Gasteiger partial charge in [-0.1, -0.05) is 47.0 Å². The van der Waals surface area contributed by atoms with Gasteiger partial charge in [-0.25, -0.2) is 0 Å². The van der Waals surface area contributed by atoms with Crippen LogP contribution in [0.15, 0.2) is 28.7 Å². The molecular formula is C15H22BrNS. The van der Waals surface area contributed by atoms with Crippen LogP contribution in [-0.2, 0) is 0 Å². The molecule has 1 aliphatic rings. The van der Waals surface area contributed by atoms with Crippen molar-refractivity contribution >= 4 is 27.7 Å². The van der Waals surface area contributed by atoms with Gasteiger partial charge in [0.05, 0.1) is 0 Å². The lowest BCUT2D eigenvalue weighted by molar-refractivity contribution is 0.486. The highest BCUT2D eigenvalue weighted by Crippen LogP contribution is 2.40. The quantitative estimate of drug-likeness (QED) is 0.835. The average Bonchev–Trinajstić information content (AvgIpc) is 2.86. The fourth-order valence-electron chi connectivity index (χ4n) is 2.75. The van der Waals surface area contributed by atoms with Crippen molar-refractivity contribution in [3.63, 3.8) is 0 Å². The van der Waals surface area contributed by atoms with Gasteiger partial charge in [0.1, 0.15) is 0 Å². The number of nitrogens with one attached hydrogen (secondary N) is 1. The molecular weight excluding hydrogens is 306 g/mol. The number of rotatable bonds is 5. The largest absolute Gasteiger partial charge is 0.309 e. The van der Waals surface area contributed by atoms with Gasteiger partial charge in [0, 0.05) is 21.8 Å². The topological polar surface area (TPSA) is 12.0 Å². The predicted molar refractivity (Wildman–Crippen MR) is 85.3 cm³/mol. The maximum atomic E-state index is 3.72. The molecule has 0 aromatic heterocycles. The van der Waals surface area contributed by atoms with Gasteiger partial charge in [-0.05, 0) is 37.7 Å². The molecule has 1 aromatic carbocycles. The molecule has 0 bridgehead atoms. The van der Waals surface area contributed by atoms with E-state index in [4.69, 9.17) is 0 Å². The molecule has 0 saturated heterocycles. The van der Waals surface area contributed by atoms with E-state index in [1.807, 2.05) is 11.8 Å². The molecule has 18 heavy (non-hydrogen) atoms. The molecule has 1 unspecified atom stereocenters. The zero-order chi connectivity index (χ0) is 13.0. The first-order chi connectivity index (χ1) is 8.67. The van der Waals surface area contributed by atoms with Gasteiger partial charge in [-0.3, -0.25) is 0 Å². The summed E-state index contributed by atoms with van der Waals surface area (Å²) in [5, 5.41) is 3.72. The van der Waals surface area contributed by atoms with Crippen LogP contribution >= 0.6 is 27.7 Å². The minimum atomic E-state index is 0.408. The lowest BCUT2D eigenvalue weighted by atomic mass is 10.0. The van der Waals surface area contributed by atoms with Gasteiger partial charge in [0.15, 0.2) is 0 Å². The Kier molecular flexibility index (Phi) is 5.16. The zero-order valence-corrected chi connectivity index (χ0v) is 13.6. The van der Waals surface area contributed by atoms with Crippen molar-refractivity contribution < 1.29 is 0 Å². The van der Waals surface area contributed by atoms with E-state index in [1.165, 1.54) is 35.7 Å². The van der Waals surface area contributed by atoms with Crippen molar-refractivity contribution in [3.05, 3.63) is 34.3 Å². The van der Waals surface area contributed by atoms with E-state index in [0.717, 1.165) is 6.54 Å². The second-order valence-electron chi connectivity index (χ2n) is 5.22. The third-order valence-corrected chi connectivity index (χ3v) is 6.19. The average molecular weight is 328 g/mol. The van der Waals surface area contributed by atoms with Crippen LogP contribution in [0.2, 0.25) is 0 Å². The van der Waals surface area contributed by atoms with Crippen LogP contribution in [0.3, 0.4) is 0 Å². The van der Waals surface area contributed by atoms with E-state index in [2.05, 4.69) is 58.7 Å². The van der Waals surface area contributed by atoms with E-state index in [9.17, 15) is 0 Å². The summed E-state index contributed by atoms with van der Waals surface area (Å²) in [5.41, 5.74) is 1.35. The van der Waals surface area contributed by atoms with Crippen molar-refractivity contribution in [2.75, 3.05) is 12.8 Å². The molecule has 1 aliphatic carbocycles. The minimum Gasteiger partial charge on any atom is -0.309 e. The Morgan fingerprint density at radius 2 is 2.00 bits per heavy atom. The van der Waals surface area contributed by atoms with Gasteiger partial charge >= 0.3 is 0 Å². The molecule has 1 nitrogen and oxygen atoms in total. The summed E-state index contributed by atoms with van der Waals surface area (Å²) in [6, 6.07) is 8.90. The molecule has 2 rings (SSSR count). The van der Waals surface area contributed by atoms with E-state index in [-0.39, 0.29) is 0 Å². The summed E-state index contributed by atoms with van der Waals surface area (Å²) in [6.07, 6.45) is 7.78. The molecule has 1 atom stereocenters. The van der Waals surface area contributed by atoms with Crippen LogP contribution in [0.25, 0.3) is 0 Å². The van der Waals surface area contributed by atoms with Crippen LogP contribution in [-0.4, -0.2) is 17.5 Å². The third kappa shape index (κ3) is 3.31. The normalized spacial score (nSPS) is 19.9. The van der Waals surface area contributed by atoms with Crippen LogP contribution in [0.5, 0.6) is 0 Å². The monoisotopic (exact) mass is 327 g/mol. The standard InChI is InChI=1S/C15H22BrNS/c1-12(13-7-3-4-8-14(13)16)17-11-15(18-2)9-5-6-10-15/h3-4,7-8,12,17H,5-6,9-11H2,1-2H3. The minimum absolute atomic E-state index is 0.408. The lowest BCUT2D eigenvalue weighted by Gasteiger charge is -2.29. The molecule has 1 saturated carbocycles. The summed E-state index contributed by atoms with van der Waals surface area (Å²) >= 11 is 5.68. The summed E-state index contributed by atoms with van der Waals surface area (Å²) in [5.74, 6) is 0. The first-order valence-electron chi connectivity index (χ1n) is 6.70. The summed E-state index contributed by atoms with van der Waals surface area (Å²) in [7, 11) is 0. The van der Waals surface area contributed by atoms with E-state index in [0.29, 0.717) is 10.8 Å². The second-order valence-corrected chi connectivity index (χ2v) is 7.35. The molecule has 1 N–H and O–H groups in total. The van der Waals surface area contributed by atoms with Crippen molar-refractivity contribution in [3.8, 4) is 0 Å². The Morgan fingerprint density at radius 1 is 1.33 bits per heavy atom. The van der Waals surface area contributed by atoms with Crippen LogP contribution in [0.1, 0.15) is 44.2 Å². The predicted octanol–water partition coefficient (Wildman–Crippen LogP) is 4.78. The fraction of sp³-hybridized carbons (Fsp3) is 0.600. The number of hydrogen-bond acceptors (Lipinski definition) is 2. The zero-order valence-electron chi connectivity index (χ0n) is 11.2. The van der Waals surface area contributed by atoms with Crippen molar-refractivity contribution in [1.29, 1.82) is 0 Å². The van der Waals surface area contributed by atoms with Crippen LogP contribution in [0.4, 0.5) is 0 Å². The highest BCUT2D eigenvalue weighted by atomic mass is 79.9. The van der Waals surface area contributed by atoms with E-state index in [1.54, 1.807) is 0 Å². The van der Waals surface area contributed by atoms with Gasteiger partial charge in [-0.2, -0.15) is 11.8 Å². The highest BCUT2D eigenvalue weighted by molar-refractivity contribution is 9.10.